The zero-order chi connectivity index (χ0) is 13.7. The van der Waals surface area contributed by atoms with Crippen molar-refractivity contribution in [2.24, 2.45) is 0 Å². The van der Waals surface area contributed by atoms with E-state index in [0.717, 1.165) is 19.4 Å². The minimum atomic E-state index is -0.00838. The fraction of sp³-hybridized carbons (Fsp3) is 0.500. The van der Waals surface area contributed by atoms with Gasteiger partial charge in [0.05, 0.1) is 19.9 Å². The zero-order valence-electron chi connectivity index (χ0n) is 11.4. The Labute approximate surface area is 113 Å². The summed E-state index contributed by atoms with van der Waals surface area (Å²) in [6, 6.07) is 5.63. The van der Waals surface area contributed by atoms with Crippen molar-refractivity contribution in [2.45, 2.75) is 25.3 Å². The van der Waals surface area contributed by atoms with Crippen LogP contribution in [0.3, 0.4) is 0 Å². The molecule has 2 N–H and O–H groups in total. The predicted molar refractivity (Wildman–Crippen MR) is 73.8 cm³/mol. The molecule has 0 aromatic heterocycles. The van der Waals surface area contributed by atoms with Gasteiger partial charge < -0.3 is 20.1 Å². The molecular formula is C14H20N2O3. The number of anilines is 1. The van der Waals surface area contributed by atoms with Crippen LogP contribution < -0.4 is 20.1 Å². The molecule has 0 saturated carbocycles. The molecule has 1 aliphatic rings. The lowest BCUT2D eigenvalue weighted by Crippen LogP contribution is -2.27. The predicted octanol–water partition coefficient (Wildman–Crippen LogP) is 1.78. The molecule has 5 nitrogen and oxygen atoms in total. The fourth-order valence-electron chi connectivity index (χ4n) is 2.27. The van der Waals surface area contributed by atoms with Crippen LogP contribution in [0.25, 0.3) is 0 Å². The van der Waals surface area contributed by atoms with Crippen LogP contribution in [0.2, 0.25) is 0 Å². The van der Waals surface area contributed by atoms with Gasteiger partial charge in [-0.25, -0.2) is 0 Å². The lowest BCUT2D eigenvalue weighted by Gasteiger charge is -2.13. The number of benzene rings is 1. The molecule has 2 rings (SSSR count). The average Bonchev–Trinajstić information content (AvgIpc) is 2.91. The molecule has 1 heterocycles. The lowest BCUT2D eigenvalue weighted by atomic mass is 10.1. The first-order valence-corrected chi connectivity index (χ1v) is 6.48. The van der Waals surface area contributed by atoms with E-state index >= 15 is 0 Å². The molecule has 1 aromatic carbocycles. The van der Waals surface area contributed by atoms with Crippen LogP contribution in [-0.2, 0) is 4.79 Å². The highest BCUT2D eigenvalue weighted by Crippen LogP contribution is 2.29. The zero-order valence-corrected chi connectivity index (χ0v) is 11.4. The van der Waals surface area contributed by atoms with Crippen LogP contribution in [-0.4, -0.2) is 32.7 Å². The lowest BCUT2D eigenvalue weighted by molar-refractivity contribution is -0.116. The van der Waals surface area contributed by atoms with Gasteiger partial charge in [-0.1, -0.05) is 0 Å². The molecule has 1 unspecified atom stereocenters. The molecule has 1 amide bonds. The Morgan fingerprint density at radius 1 is 1.42 bits per heavy atom. The van der Waals surface area contributed by atoms with Crippen LogP contribution in [0.1, 0.15) is 19.3 Å². The maximum absolute atomic E-state index is 12.0. The number of hydrogen-bond donors (Lipinski definition) is 2. The minimum absolute atomic E-state index is 0.00838. The number of rotatable bonds is 5. The second-order valence-corrected chi connectivity index (χ2v) is 4.61. The standard InChI is InChI=1S/C14H20N2O3/c1-18-11-5-6-13(19-2)12(9-11)16-14(17)8-10-4-3-7-15-10/h5-6,9-10,15H,3-4,7-8H2,1-2H3,(H,16,17). The van der Waals surface area contributed by atoms with Gasteiger partial charge in [0.1, 0.15) is 11.5 Å². The normalized spacial score (nSPS) is 18.1. The van der Waals surface area contributed by atoms with Gasteiger partial charge in [0, 0.05) is 18.5 Å². The number of amides is 1. The molecular weight excluding hydrogens is 244 g/mol. The summed E-state index contributed by atoms with van der Waals surface area (Å²) in [5.74, 6) is 1.31. The summed E-state index contributed by atoms with van der Waals surface area (Å²) >= 11 is 0. The minimum Gasteiger partial charge on any atom is -0.497 e. The van der Waals surface area contributed by atoms with E-state index in [0.29, 0.717) is 23.6 Å². The van der Waals surface area contributed by atoms with Gasteiger partial charge in [0.2, 0.25) is 5.91 Å². The second kappa shape index (κ2) is 6.43. The first-order chi connectivity index (χ1) is 9.22. The van der Waals surface area contributed by atoms with Crippen molar-refractivity contribution in [3.63, 3.8) is 0 Å². The quantitative estimate of drug-likeness (QED) is 0.851. The number of ether oxygens (including phenoxy) is 2. The van der Waals surface area contributed by atoms with E-state index in [4.69, 9.17) is 9.47 Å². The number of carbonyl (C=O) groups excluding carboxylic acids is 1. The van der Waals surface area contributed by atoms with E-state index in [2.05, 4.69) is 10.6 Å². The van der Waals surface area contributed by atoms with E-state index in [1.165, 1.54) is 0 Å². The van der Waals surface area contributed by atoms with Crippen molar-refractivity contribution in [3.8, 4) is 11.5 Å². The second-order valence-electron chi connectivity index (χ2n) is 4.61. The smallest absolute Gasteiger partial charge is 0.226 e. The van der Waals surface area contributed by atoms with Crippen molar-refractivity contribution in [1.82, 2.24) is 5.32 Å². The van der Waals surface area contributed by atoms with Crippen molar-refractivity contribution in [3.05, 3.63) is 18.2 Å². The Morgan fingerprint density at radius 3 is 2.89 bits per heavy atom. The van der Waals surface area contributed by atoms with Gasteiger partial charge in [-0.3, -0.25) is 4.79 Å². The third-order valence-corrected chi connectivity index (χ3v) is 3.27. The van der Waals surface area contributed by atoms with Crippen molar-refractivity contribution in [1.29, 1.82) is 0 Å². The summed E-state index contributed by atoms with van der Waals surface area (Å²) in [7, 11) is 3.17. The molecule has 5 heteroatoms. The summed E-state index contributed by atoms with van der Waals surface area (Å²) in [4.78, 5) is 12.0. The molecule has 0 aliphatic carbocycles. The molecule has 1 saturated heterocycles. The average molecular weight is 264 g/mol. The first kappa shape index (κ1) is 13.7. The van der Waals surface area contributed by atoms with Crippen LogP contribution in [0.4, 0.5) is 5.69 Å². The monoisotopic (exact) mass is 264 g/mol. The first-order valence-electron chi connectivity index (χ1n) is 6.48. The fourth-order valence-corrected chi connectivity index (χ4v) is 2.27. The van der Waals surface area contributed by atoms with E-state index < -0.39 is 0 Å². The Balaban J connectivity index is 2.01. The maximum atomic E-state index is 12.0. The van der Waals surface area contributed by atoms with Gasteiger partial charge in [0.15, 0.2) is 0 Å². The largest absolute Gasteiger partial charge is 0.497 e. The van der Waals surface area contributed by atoms with E-state index in [1.54, 1.807) is 32.4 Å². The number of methoxy groups -OCH3 is 2. The molecule has 19 heavy (non-hydrogen) atoms. The Kier molecular flexibility index (Phi) is 4.63. The van der Waals surface area contributed by atoms with Crippen molar-refractivity contribution in [2.75, 3.05) is 26.1 Å². The number of hydrogen-bond acceptors (Lipinski definition) is 4. The molecule has 1 atom stereocenters. The van der Waals surface area contributed by atoms with Gasteiger partial charge >= 0.3 is 0 Å². The number of nitrogens with one attached hydrogen (secondary N) is 2. The third-order valence-electron chi connectivity index (χ3n) is 3.27. The number of carbonyl (C=O) groups is 1. The molecule has 1 fully saturated rings. The van der Waals surface area contributed by atoms with Gasteiger partial charge in [-0.2, -0.15) is 0 Å². The Bertz CT molecular complexity index is 442. The molecule has 0 bridgehead atoms. The molecule has 1 aliphatic heterocycles. The van der Waals surface area contributed by atoms with Crippen LogP contribution in [0.5, 0.6) is 11.5 Å². The van der Waals surface area contributed by atoms with Gasteiger partial charge in [-0.05, 0) is 31.5 Å². The SMILES string of the molecule is COc1ccc(OC)c(NC(=O)CC2CCCN2)c1. The summed E-state index contributed by atoms with van der Waals surface area (Å²) in [6.45, 7) is 1.00. The molecule has 1 aromatic rings. The van der Waals surface area contributed by atoms with E-state index in [1.807, 2.05) is 0 Å². The van der Waals surface area contributed by atoms with Crippen molar-refractivity contribution >= 4 is 11.6 Å². The summed E-state index contributed by atoms with van der Waals surface area (Å²) in [5, 5.41) is 6.19. The van der Waals surface area contributed by atoms with Gasteiger partial charge in [0.25, 0.3) is 0 Å². The summed E-state index contributed by atoms with van der Waals surface area (Å²) < 4.78 is 10.4. The van der Waals surface area contributed by atoms with E-state index in [9.17, 15) is 4.79 Å². The summed E-state index contributed by atoms with van der Waals surface area (Å²) in [6.07, 6.45) is 2.68. The molecule has 104 valence electrons. The summed E-state index contributed by atoms with van der Waals surface area (Å²) in [5.41, 5.74) is 0.643. The van der Waals surface area contributed by atoms with E-state index in [-0.39, 0.29) is 11.9 Å². The van der Waals surface area contributed by atoms with Gasteiger partial charge in [-0.15, -0.1) is 0 Å². The molecule has 0 spiro atoms. The van der Waals surface area contributed by atoms with Crippen LogP contribution in [0, 0.1) is 0 Å². The van der Waals surface area contributed by atoms with Crippen molar-refractivity contribution < 1.29 is 14.3 Å². The highest BCUT2D eigenvalue weighted by molar-refractivity contribution is 5.92. The topological polar surface area (TPSA) is 59.6 Å². The van der Waals surface area contributed by atoms with Crippen LogP contribution >= 0.6 is 0 Å². The highest BCUT2D eigenvalue weighted by Gasteiger charge is 2.18. The highest BCUT2D eigenvalue weighted by atomic mass is 16.5. The maximum Gasteiger partial charge on any atom is 0.226 e. The van der Waals surface area contributed by atoms with Crippen LogP contribution in [0.15, 0.2) is 18.2 Å². The molecule has 0 radical (unpaired) electrons. The Hall–Kier alpha value is -1.75. The third kappa shape index (κ3) is 3.61. The Morgan fingerprint density at radius 2 is 2.26 bits per heavy atom.